The Hall–Kier alpha value is -2.45. The fraction of sp³-hybridized carbons (Fsp3) is 0.640. The molecule has 180 valence electrons. The Kier molecular flexibility index (Phi) is 7.65. The monoisotopic (exact) mass is 454 g/mol. The molecule has 0 radical (unpaired) electrons. The summed E-state index contributed by atoms with van der Waals surface area (Å²) in [6.45, 7) is 12.7. The first kappa shape index (κ1) is 23.7. The molecule has 4 rings (SSSR count). The number of nitrogens with zero attached hydrogens (tertiary/aromatic N) is 5. The van der Waals surface area contributed by atoms with Crippen molar-refractivity contribution in [1.29, 1.82) is 0 Å². The summed E-state index contributed by atoms with van der Waals surface area (Å²) >= 11 is 0. The lowest BCUT2D eigenvalue weighted by atomic mass is 9.96. The van der Waals surface area contributed by atoms with E-state index in [0.717, 1.165) is 43.3 Å². The van der Waals surface area contributed by atoms with Crippen LogP contribution in [0.1, 0.15) is 58.4 Å². The van der Waals surface area contributed by atoms with Crippen LogP contribution < -0.4 is 10.2 Å². The van der Waals surface area contributed by atoms with Crippen molar-refractivity contribution in [2.24, 2.45) is 5.92 Å². The molecule has 0 bridgehead atoms. The number of piperazine rings is 1. The summed E-state index contributed by atoms with van der Waals surface area (Å²) < 4.78 is 1.80. The zero-order valence-corrected chi connectivity index (χ0v) is 20.3. The van der Waals surface area contributed by atoms with Crippen LogP contribution in [0.5, 0.6) is 0 Å². The summed E-state index contributed by atoms with van der Waals surface area (Å²) in [5.41, 5.74) is 2.86. The lowest BCUT2D eigenvalue weighted by molar-refractivity contribution is -0.120. The number of urea groups is 1. The molecule has 2 fully saturated rings. The van der Waals surface area contributed by atoms with Gasteiger partial charge in [0.2, 0.25) is 5.91 Å². The average Bonchev–Trinajstić information content (AvgIpc) is 3.19. The maximum absolute atomic E-state index is 12.3. The minimum atomic E-state index is -0.374. The third kappa shape index (κ3) is 5.55. The van der Waals surface area contributed by atoms with Gasteiger partial charge >= 0.3 is 6.03 Å². The third-order valence-corrected chi connectivity index (χ3v) is 7.05. The minimum absolute atomic E-state index is 0.225. The molecule has 2 aromatic heterocycles. The number of carbonyl (C=O) groups excluding carboxylic acids is 2. The van der Waals surface area contributed by atoms with E-state index < -0.39 is 0 Å². The number of hydrogen-bond donors (Lipinski definition) is 1. The molecule has 0 aromatic carbocycles. The van der Waals surface area contributed by atoms with Crippen LogP contribution in [-0.4, -0.2) is 70.1 Å². The summed E-state index contributed by atoms with van der Waals surface area (Å²) in [5, 5.41) is 6.80. The van der Waals surface area contributed by atoms with E-state index in [9.17, 15) is 9.59 Å². The summed E-state index contributed by atoms with van der Waals surface area (Å²) in [4.78, 5) is 30.7. The Morgan fingerprint density at radius 3 is 2.64 bits per heavy atom. The predicted octanol–water partition coefficient (Wildman–Crippen LogP) is 3.50. The molecule has 4 heterocycles. The smallest absolute Gasteiger partial charge is 0.298 e. The molecule has 2 aromatic rings. The van der Waals surface area contributed by atoms with Crippen LogP contribution in [0.3, 0.4) is 0 Å². The molecule has 33 heavy (non-hydrogen) atoms. The Bertz CT molecular complexity index is 967. The first-order valence-corrected chi connectivity index (χ1v) is 12.5. The van der Waals surface area contributed by atoms with Crippen LogP contribution in [0.25, 0.3) is 5.52 Å². The van der Waals surface area contributed by atoms with E-state index in [-0.39, 0.29) is 11.9 Å². The molecule has 0 aliphatic carbocycles. The first-order chi connectivity index (χ1) is 16.0. The highest BCUT2D eigenvalue weighted by Gasteiger charge is 2.28. The number of imide groups is 1. The zero-order chi connectivity index (χ0) is 23.4. The number of hydrogen-bond acceptors (Lipinski definition) is 5. The second-order valence-electron chi connectivity index (χ2n) is 9.67. The van der Waals surface area contributed by atoms with Crippen molar-refractivity contribution in [1.82, 2.24) is 24.7 Å². The van der Waals surface area contributed by atoms with Gasteiger partial charge in [-0.05, 0) is 43.4 Å². The van der Waals surface area contributed by atoms with Gasteiger partial charge in [-0.25, -0.2) is 9.31 Å². The second kappa shape index (κ2) is 10.7. The molecular formula is C25H38N6O2. The highest BCUT2D eigenvalue weighted by atomic mass is 16.2. The largest absolute Gasteiger partial charge is 0.328 e. The van der Waals surface area contributed by atoms with Gasteiger partial charge in [0.05, 0.1) is 17.4 Å². The van der Waals surface area contributed by atoms with Crippen LogP contribution >= 0.6 is 0 Å². The maximum Gasteiger partial charge on any atom is 0.328 e. The van der Waals surface area contributed by atoms with Gasteiger partial charge in [0.25, 0.3) is 0 Å². The van der Waals surface area contributed by atoms with Crippen molar-refractivity contribution in [3.63, 3.8) is 0 Å². The van der Waals surface area contributed by atoms with E-state index >= 15 is 0 Å². The number of aromatic nitrogens is 2. The van der Waals surface area contributed by atoms with Gasteiger partial charge in [-0.3, -0.25) is 24.8 Å². The summed E-state index contributed by atoms with van der Waals surface area (Å²) in [7, 11) is 0. The third-order valence-electron chi connectivity index (χ3n) is 7.05. The number of pyridine rings is 1. The molecule has 3 amide bonds. The van der Waals surface area contributed by atoms with Gasteiger partial charge in [0.15, 0.2) is 0 Å². The highest BCUT2D eigenvalue weighted by Crippen LogP contribution is 2.25. The molecule has 2 aliphatic heterocycles. The number of amides is 3. The normalized spacial score (nSPS) is 20.7. The highest BCUT2D eigenvalue weighted by molar-refractivity contribution is 6.07. The summed E-state index contributed by atoms with van der Waals surface area (Å²) in [6, 6.07) is 4.42. The lowest BCUT2D eigenvalue weighted by Crippen LogP contribution is -2.52. The van der Waals surface area contributed by atoms with E-state index in [2.05, 4.69) is 53.1 Å². The molecule has 8 nitrogen and oxygen atoms in total. The van der Waals surface area contributed by atoms with Crippen molar-refractivity contribution >= 4 is 23.1 Å². The molecule has 2 aliphatic rings. The Morgan fingerprint density at radius 1 is 1.15 bits per heavy atom. The fourth-order valence-electron chi connectivity index (χ4n) is 5.33. The maximum atomic E-state index is 12.3. The molecule has 1 atom stereocenters. The van der Waals surface area contributed by atoms with E-state index in [4.69, 9.17) is 0 Å². The lowest BCUT2D eigenvalue weighted by Gasteiger charge is -2.41. The molecule has 8 heteroatoms. The van der Waals surface area contributed by atoms with Crippen molar-refractivity contribution < 1.29 is 9.59 Å². The van der Waals surface area contributed by atoms with Crippen LogP contribution in [0.2, 0.25) is 0 Å². The van der Waals surface area contributed by atoms with Gasteiger partial charge in [-0.15, -0.1) is 0 Å². The Balaban J connectivity index is 1.40. The molecule has 2 saturated heterocycles. The van der Waals surface area contributed by atoms with Crippen molar-refractivity contribution in [3.05, 3.63) is 30.1 Å². The van der Waals surface area contributed by atoms with Gasteiger partial charge in [-0.1, -0.05) is 26.7 Å². The van der Waals surface area contributed by atoms with Crippen LogP contribution in [0.15, 0.2) is 24.5 Å². The quantitative estimate of drug-likeness (QED) is 0.628. The number of rotatable bonds is 9. The van der Waals surface area contributed by atoms with Crippen LogP contribution in [-0.2, 0) is 11.3 Å². The number of fused-ring (bicyclic) bond motifs is 1. The van der Waals surface area contributed by atoms with Crippen molar-refractivity contribution in [2.45, 2.75) is 65.5 Å². The van der Waals surface area contributed by atoms with Crippen LogP contribution in [0, 0.1) is 5.92 Å². The average molecular weight is 455 g/mol. The summed E-state index contributed by atoms with van der Waals surface area (Å²) in [5.74, 6) is 0.594. The van der Waals surface area contributed by atoms with Crippen LogP contribution in [0.4, 0.5) is 10.5 Å². The molecule has 1 unspecified atom stereocenters. The predicted molar refractivity (Wildman–Crippen MR) is 130 cm³/mol. The standard InChI is InChI=1S/C25H38N6O2/c1-4-6-20(7-5-2)18-29-13-12-28(16-19(29)3)17-21-8-11-31-22(14-21)23(15-26-31)30-10-9-24(32)27-25(30)33/h8,11,14-15,19-20H,4-7,9-10,12-13,16-18H2,1-3H3,(H,27,32,33). The fourth-order valence-corrected chi connectivity index (χ4v) is 5.33. The van der Waals surface area contributed by atoms with Gasteiger partial charge in [0.1, 0.15) is 0 Å². The SMILES string of the molecule is CCCC(CCC)CN1CCN(Cc2ccn3ncc(N4CCC(=O)NC4=O)c3c2)CC1C. The molecule has 0 saturated carbocycles. The minimum Gasteiger partial charge on any atom is -0.298 e. The van der Waals surface area contributed by atoms with E-state index in [0.29, 0.717) is 19.0 Å². The molecule has 0 spiro atoms. The molecule has 1 N–H and O–H groups in total. The zero-order valence-electron chi connectivity index (χ0n) is 20.3. The Labute approximate surface area is 196 Å². The van der Waals surface area contributed by atoms with Gasteiger partial charge in [-0.2, -0.15) is 5.10 Å². The van der Waals surface area contributed by atoms with E-state index in [1.54, 1.807) is 15.6 Å². The van der Waals surface area contributed by atoms with Crippen molar-refractivity contribution in [2.75, 3.05) is 37.6 Å². The summed E-state index contributed by atoms with van der Waals surface area (Å²) in [6.07, 6.45) is 9.18. The van der Waals surface area contributed by atoms with Crippen molar-refractivity contribution in [3.8, 4) is 0 Å². The topological polar surface area (TPSA) is 73.2 Å². The number of carbonyl (C=O) groups is 2. The van der Waals surface area contributed by atoms with E-state index in [1.807, 2.05) is 6.20 Å². The van der Waals surface area contributed by atoms with Gasteiger partial charge in [0, 0.05) is 57.9 Å². The number of anilines is 1. The number of nitrogens with one attached hydrogen (secondary N) is 1. The first-order valence-electron chi connectivity index (χ1n) is 12.5. The van der Waals surface area contributed by atoms with Gasteiger partial charge < -0.3 is 0 Å². The Morgan fingerprint density at radius 2 is 1.94 bits per heavy atom. The second-order valence-corrected chi connectivity index (χ2v) is 9.67. The molecular weight excluding hydrogens is 416 g/mol. The van der Waals surface area contributed by atoms with E-state index in [1.165, 1.54) is 37.8 Å².